The first-order valence-electron chi connectivity index (χ1n) is 8.61. The summed E-state index contributed by atoms with van der Waals surface area (Å²) in [5.41, 5.74) is 2.05. The Morgan fingerprint density at radius 3 is 2.19 bits per heavy atom. The molecule has 0 saturated heterocycles. The third-order valence-electron chi connectivity index (χ3n) is 4.11. The fourth-order valence-electron chi connectivity index (χ4n) is 2.63. The van der Waals surface area contributed by atoms with Gasteiger partial charge in [-0.2, -0.15) is 0 Å². The van der Waals surface area contributed by atoms with Crippen LogP contribution in [-0.2, 0) is 0 Å². The van der Waals surface area contributed by atoms with Crippen molar-refractivity contribution in [1.29, 1.82) is 0 Å². The van der Waals surface area contributed by atoms with Gasteiger partial charge in [-0.05, 0) is 48.4 Å². The highest BCUT2D eigenvalue weighted by molar-refractivity contribution is 5.98. The molecule has 132 valence electrons. The quantitative estimate of drug-likeness (QED) is 0.673. The van der Waals surface area contributed by atoms with E-state index in [0.717, 1.165) is 16.5 Å². The molecule has 1 heterocycles. The minimum absolute atomic E-state index is 0.107. The zero-order chi connectivity index (χ0) is 18.4. The topological polar surface area (TPSA) is 71.1 Å². The van der Waals surface area contributed by atoms with Crippen molar-refractivity contribution in [2.75, 3.05) is 13.1 Å². The van der Waals surface area contributed by atoms with Crippen LogP contribution in [0.3, 0.4) is 0 Å². The van der Waals surface area contributed by atoms with Gasteiger partial charge >= 0.3 is 0 Å². The van der Waals surface area contributed by atoms with E-state index < -0.39 is 0 Å². The van der Waals surface area contributed by atoms with Gasteiger partial charge in [-0.3, -0.25) is 14.6 Å². The van der Waals surface area contributed by atoms with Crippen molar-refractivity contribution in [3.8, 4) is 0 Å². The molecular formula is C21H21N3O2. The van der Waals surface area contributed by atoms with Crippen molar-refractivity contribution in [2.45, 2.75) is 13.3 Å². The van der Waals surface area contributed by atoms with Gasteiger partial charge in [-0.25, -0.2) is 0 Å². The second kappa shape index (κ2) is 8.25. The highest BCUT2D eigenvalue weighted by atomic mass is 16.2. The Morgan fingerprint density at radius 1 is 0.846 bits per heavy atom. The van der Waals surface area contributed by atoms with Crippen molar-refractivity contribution in [3.05, 3.63) is 77.6 Å². The Bertz CT molecular complexity index is 920. The fourth-order valence-corrected chi connectivity index (χ4v) is 2.63. The molecule has 2 amide bonds. The van der Waals surface area contributed by atoms with Crippen LogP contribution in [0.15, 0.2) is 60.8 Å². The molecule has 3 rings (SSSR count). The molecule has 5 heteroatoms. The van der Waals surface area contributed by atoms with Crippen molar-refractivity contribution in [2.24, 2.45) is 0 Å². The summed E-state index contributed by atoms with van der Waals surface area (Å²) < 4.78 is 0. The first kappa shape index (κ1) is 17.6. The molecule has 2 aromatic carbocycles. The molecule has 0 atom stereocenters. The van der Waals surface area contributed by atoms with Crippen LogP contribution in [-0.4, -0.2) is 29.9 Å². The van der Waals surface area contributed by atoms with Gasteiger partial charge in [0.15, 0.2) is 0 Å². The molecule has 0 spiro atoms. The number of pyridine rings is 1. The lowest BCUT2D eigenvalue weighted by Gasteiger charge is -2.08. The summed E-state index contributed by atoms with van der Waals surface area (Å²) in [5.74, 6) is -0.261. The number of benzene rings is 2. The van der Waals surface area contributed by atoms with Gasteiger partial charge in [-0.1, -0.05) is 30.3 Å². The summed E-state index contributed by atoms with van der Waals surface area (Å²) in [4.78, 5) is 28.3. The lowest BCUT2D eigenvalue weighted by atomic mass is 10.1. The van der Waals surface area contributed by atoms with Crippen LogP contribution in [0.1, 0.15) is 32.8 Å². The van der Waals surface area contributed by atoms with E-state index >= 15 is 0 Å². The van der Waals surface area contributed by atoms with Crippen LogP contribution in [0.4, 0.5) is 0 Å². The number of nitrogens with zero attached hydrogens (tertiary/aromatic N) is 1. The molecule has 0 aliphatic rings. The summed E-state index contributed by atoms with van der Waals surface area (Å²) in [6.45, 7) is 2.86. The molecule has 0 aliphatic heterocycles. The van der Waals surface area contributed by atoms with Gasteiger partial charge in [0.2, 0.25) is 0 Å². The SMILES string of the molecule is Cc1ccc(C(=O)NCCCNC(=O)c2ccc3ccccc3c2)cn1. The Morgan fingerprint density at radius 2 is 1.50 bits per heavy atom. The number of carbonyl (C=O) groups excluding carboxylic acids is 2. The van der Waals surface area contributed by atoms with Crippen molar-refractivity contribution in [1.82, 2.24) is 15.6 Å². The van der Waals surface area contributed by atoms with Gasteiger partial charge < -0.3 is 10.6 Å². The zero-order valence-corrected chi connectivity index (χ0v) is 14.7. The number of nitrogens with one attached hydrogen (secondary N) is 2. The van der Waals surface area contributed by atoms with E-state index in [1.165, 1.54) is 0 Å². The lowest BCUT2D eigenvalue weighted by Crippen LogP contribution is -2.30. The van der Waals surface area contributed by atoms with E-state index in [1.807, 2.05) is 49.4 Å². The van der Waals surface area contributed by atoms with Crippen LogP contribution in [0, 0.1) is 6.92 Å². The van der Waals surface area contributed by atoms with Crippen molar-refractivity contribution in [3.63, 3.8) is 0 Å². The number of amides is 2. The molecule has 0 bridgehead atoms. The predicted molar refractivity (Wildman–Crippen MR) is 102 cm³/mol. The molecule has 0 fully saturated rings. The van der Waals surface area contributed by atoms with E-state index in [-0.39, 0.29) is 11.8 Å². The molecule has 3 aromatic rings. The number of fused-ring (bicyclic) bond motifs is 1. The summed E-state index contributed by atoms with van der Waals surface area (Å²) in [7, 11) is 0. The van der Waals surface area contributed by atoms with E-state index in [2.05, 4.69) is 15.6 Å². The van der Waals surface area contributed by atoms with E-state index in [1.54, 1.807) is 18.3 Å². The fraction of sp³-hybridized carbons (Fsp3) is 0.190. The molecule has 0 aliphatic carbocycles. The van der Waals surface area contributed by atoms with Crippen LogP contribution >= 0.6 is 0 Å². The minimum Gasteiger partial charge on any atom is -0.352 e. The molecular weight excluding hydrogens is 326 g/mol. The number of aromatic nitrogens is 1. The summed E-state index contributed by atoms with van der Waals surface area (Å²) in [6, 6.07) is 17.1. The normalized spacial score (nSPS) is 10.5. The van der Waals surface area contributed by atoms with Crippen molar-refractivity contribution >= 4 is 22.6 Å². The number of rotatable bonds is 6. The maximum atomic E-state index is 12.2. The number of carbonyl (C=O) groups is 2. The van der Waals surface area contributed by atoms with Gasteiger partial charge in [0, 0.05) is 30.5 Å². The van der Waals surface area contributed by atoms with Crippen LogP contribution in [0.2, 0.25) is 0 Å². The third kappa shape index (κ3) is 4.45. The Balaban J connectivity index is 1.43. The maximum absolute atomic E-state index is 12.2. The number of hydrogen-bond donors (Lipinski definition) is 2. The lowest BCUT2D eigenvalue weighted by molar-refractivity contribution is 0.0951. The minimum atomic E-state index is -0.154. The highest BCUT2D eigenvalue weighted by Crippen LogP contribution is 2.15. The standard InChI is InChI=1S/C21H21N3O2/c1-15-7-8-19(14-24-15)21(26)23-12-4-11-22-20(25)18-10-9-16-5-2-3-6-17(16)13-18/h2-3,5-10,13-14H,4,11-12H2,1H3,(H,22,25)(H,23,26). The van der Waals surface area contributed by atoms with E-state index in [9.17, 15) is 9.59 Å². The second-order valence-corrected chi connectivity index (χ2v) is 6.12. The van der Waals surface area contributed by atoms with E-state index in [0.29, 0.717) is 30.6 Å². The van der Waals surface area contributed by atoms with E-state index in [4.69, 9.17) is 0 Å². The molecule has 2 N–H and O–H groups in total. The Labute approximate surface area is 152 Å². The first-order valence-corrected chi connectivity index (χ1v) is 8.61. The van der Waals surface area contributed by atoms with Gasteiger partial charge in [0.25, 0.3) is 11.8 Å². The smallest absolute Gasteiger partial charge is 0.252 e. The molecule has 0 saturated carbocycles. The van der Waals surface area contributed by atoms with Crippen LogP contribution in [0.5, 0.6) is 0 Å². The zero-order valence-electron chi connectivity index (χ0n) is 14.7. The Kier molecular flexibility index (Phi) is 5.59. The number of aryl methyl sites for hydroxylation is 1. The second-order valence-electron chi connectivity index (χ2n) is 6.12. The maximum Gasteiger partial charge on any atom is 0.252 e. The summed E-state index contributed by atoms with van der Waals surface area (Å²) >= 11 is 0. The van der Waals surface area contributed by atoms with Gasteiger partial charge in [0.05, 0.1) is 5.56 Å². The largest absolute Gasteiger partial charge is 0.352 e. The predicted octanol–water partition coefficient (Wildman–Crippen LogP) is 3.09. The van der Waals surface area contributed by atoms with Gasteiger partial charge in [-0.15, -0.1) is 0 Å². The van der Waals surface area contributed by atoms with Crippen molar-refractivity contribution < 1.29 is 9.59 Å². The third-order valence-corrected chi connectivity index (χ3v) is 4.11. The summed E-state index contributed by atoms with van der Waals surface area (Å²) in [6.07, 6.45) is 2.22. The Hall–Kier alpha value is -3.21. The van der Waals surface area contributed by atoms with Crippen LogP contribution < -0.4 is 10.6 Å². The first-order chi connectivity index (χ1) is 12.6. The molecule has 5 nitrogen and oxygen atoms in total. The average molecular weight is 347 g/mol. The summed E-state index contributed by atoms with van der Waals surface area (Å²) in [5, 5.41) is 7.86. The highest BCUT2D eigenvalue weighted by Gasteiger charge is 2.07. The number of hydrogen-bond acceptors (Lipinski definition) is 3. The molecule has 26 heavy (non-hydrogen) atoms. The van der Waals surface area contributed by atoms with Gasteiger partial charge in [0.1, 0.15) is 0 Å². The molecule has 0 unspecified atom stereocenters. The molecule has 1 aromatic heterocycles. The monoisotopic (exact) mass is 347 g/mol. The average Bonchev–Trinajstić information content (AvgIpc) is 2.67. The van der Waals surface area contributed by atoms with Crippen LogP contribution in [0.25, 0.3) is 10.8 Å². The molecule has 0 radical (unpaired) electrons.